The van der Waals surface area contributed by atoms with Gasteiger partial charge in [0.2, 0.25) is 0 Å². The van der Waals surface area contributed by atoms with Crippen LogP contribution < -0.4 is 5.32 Å². The summed E-state index contributed by atoms with van der Waals surface area (Å²) in [5.74, 6) is 0. The number of nitrogens with one attached hydrogen (secondary N) is 1. The summed E-state index contributed by atoms with van der Waals surface area (Å²) in [4.78, 5) is 2.63. The van der Waals surface area contributed by atoms with Crippen LogP contribution in [0.4, 0.5) is 0 Å². The van der Waals surface area contributed by atoms with Crippen molar-refractivity contribution in [3.05, 3.63) is 34.9 Å². The Kier molecular flexibility index (Phi) is 5.41. The topological polar surface area (TPSA) is 15.3 Å². The fourth-order valence-electron chi connectivity index (χ4n) is 2.76. The van der Waals surface area contributed by atoms with Gasteiger partial charge in [-0.05, 0) is 43.0 Å². The zero-order chi connectivity index (χ0) is 13.7. The molecule has 0 saturated carbocycles. The molecule has 0 radical (unpaired) electrons. The SMILES string of the molecule is CCCCN(Cc1ccc2c(c1)CNC2)C(C)CC. The third kappa shape index (κ3) is 3.80. The van der Waals surface area contributed by atoms with Crippen LogP contribution in [0.15, 0.2) is 18.2 Å². The van der Waals surface area contributed by atoms with Gasteiger partial charge in [0.25, 0.3) is 0 Å². The van der Waals surface area contributed by atoms with Gasteiger partial charge < -0.3 is 5.32 Å². The first-order chi connectivity index (χ1) is 9.24. The van der Waals surface area contributed by atoms with Crippen LogP contribution >= 0.6 is 0 Å². The molecule has 1 unspecified atom stereocenters. The van der Waals surface area contributed by atoms with E-state index in [1.807, 2.05) is 0 Å². The molecule has 1 atom stereocenters. The molecule has 1 aromatic carbocycles. The minimum atomic E-state index is 0.679. The maximum Gasteiger partial charge on any atom is 0.0236 e. The van der Waals surface area contributed by atoms with E-state index >= 15 is 0 Å². The Balaban J connectivity index is 2.03. The quantitative estimate of drug-likeness (QED) is 0.804. The number of benzene rings is 1. The number of fused-ring (bicyclic) bond motifs is 1. The van der Waals surface area contributed by atoms with E-state index in [-0.39, 0.29) is 0 Å². The third-order valence-electron chi connectivity index (χ3n) is 4.30. The molecule has 19 heavy (non-hydrogen) atoms. The van der Waals surface area contributed by atoms with Crippen molar-refractivity contribution < 1.29 is 0 Å². The van der Waals surface area contributed by atoms with Gasteiger partial charge in [-0.15, -0.1) is 0 Å². The van der Waals surface area contributed by atoms with E-state index < -0.39 is 0 Å². The summed E-state index contributed by atoms with van der Waals surface area (Å²) in [5, 5.41) is 3.42. The Morgan fingerprint density at radius 3 is 2.74 bits per heavy atom. The van der Waals surface area contributed by atoms with Crippen LogP contribution in [-0.2, 0) is 19.6 Å². The van der Waals surface area contributed by atoms with E-state index in [4.69, 9.17) is 0 Å². The lowest BCUT2D eigenvalue weighted by Crippen LogP contribution is -2.33. The maximum atomic E-state index is 3.42. The Labute approximate surface area is 118 Å². The van der Waals surface area contributed by atoms with Gasteiger partial charge in [0.1, 0.15) is 0 Å². The Hall–Kier alpha value is -0.860. The Morgan fingerprint density at radius 1 is 1.21 bits per heavy atom. The molecule has 0 fully saturated rings. The van der Waals surface area contributed by atoms with E-state index in [1.165, 1.54) is 42.5 Å². The highest BCUT2D eigenvalue weighted by molar-refractivity contribution is 5.34. The standard InChI is InChI=1S/C17H28N2/c1-4-6-9-19(14(3)5-2)13-15-7-8-16-11-18-12-17(16)10-15/h7-8,10,14,18H,4-6,9,11-13H2,1-3H3. The second kappa shape index (κ2) is 7.06. The third-order valence-corrected chi connectivity index (χ3v) is 4.30. The second-order valence-corrected chi connectivity index (χ2v) is 5.79. The molecule has 1 aliphatic rings. The van der Waals surface area contributed by atoms with Crippen molar-refractivity contribution in [3.63, 3.8) is 0 Å². The summed E-state index contributed by atoms with van der Waals surface area (Å²) in [6.07, 6.45) is 3.81. The lowest BCUT2D eigenvalue weighted by atomic mass is 10.0. The van der Waals surface area contributed by atoms with Gasteiger partial charge in [0.05, 0.1) is 0 Å². The highest BCUT2D eigenvalue weighted by atomic mass is 15.1. The number of unbranched alkanes of at least 4 members (excludes halogenated alkanes) is 1. The highest BCUT2D eigenvalue weighted by Gasteiger charge is 2.14. The molecule has 2 rings (SSSR count). The number of nitrogens with zero attached hydrogens (tertiary/aromatic N) is 1. The summed E-state index contributed by atoms with van der Waals surface area (Å²) >= 11 is 0. The van der Waals surface area contributed by atoms with Crippen LogP contribution in [0.25, 0.3) is 0 Å². The van der Waals surface area contributed by atoms with Gasteiger partial charge in [-0.25, -0.2) is 0 Å². The van der Waals surface area contributed by atoms with Crippen molar-refractivity contribution in [2.45, 2.75) is 65.7 Å². The van der Waals surface area contributed by atoms with Crippen LogP contribution in [0.1, 0.15) is 56.7 Å². The van der Waals surface area contributed by atoms with Crippen molar-refractivity contribution in [3.8, 4) is 0 Å². The van der Waals surface area contributed by atoms with Gasteiger partial charge in [0, 0.05) is 25.7 Å². The predicted molar refractivity (Wildman–Crippen MR) is 82.1 cm³/mol. The maximum absolute atomic E-state index is 3.42. The predicted octanol–water partition coefficient (Wildman–Crippen LogP) is 3.69. The van der Waals surface area contributed by atoms with Gasteiger partial charge in [-0.1, -0.05) is 38.5 Å². The van der Waals surface area contributed by atoms with Crippen molar-refractivity contribution in [1.82, 2.24) is 10.2 Å². The van der Waals surface area contributed by atoms with Crippen LogP contribution in [-0.4, -0.2) is 17.5 Å². The highest BCUT2D eigenvalue weighted by Crippen LogP contribution is 2.19. The molecule has 106 valence electrons. The molecule has 2 heteroatoms. The molecule has 1 N–H and O–H groups in total. The van der Waals surface area contributed by atoms with E-state index in [0.29, 0.717) is 6.04 Å². The summed E-state index contributed by atoms with van der Waals surface area (Å²) in [5.41, 5.74) is 4.45. The van der Waals surface area contributed by atoms with Gasteiger partial charge in [0.15, 0.2) is 0 Å². The Bertz CT molecular complexity index is 400. The number of hydrogen-bond acceptors (Lipinski definition) is 2. The van der Waals surface area contributed by atoms with Gasteiger partial charge in [-0.2, -0.15) is 0 Å². The van der Waals surface area contributed by atoms with Crippen molar-refractivity contribution >= 4 is 0 Å². The normalized spacial score (nSPS) is 15.8. The van der Waals surface area contributed by atoms with Crippen LogP contribution in [0.5, 0.6) is 0 Å². The van der Waals surface area contributed by atoms with E-state index in [2.05, 4.69) is 49.2 Å². The molecule has 1 aromatic rings. The first kappa shape index (κ1) is 14.5. The smallest absolute Gasteiger partial charge is 0.0236 e. The van der Waals surface area contributed by atoms with Crippen LogP contribution in [0, 0.1) is 0 Å². The molecule has 0 aliphatic carbocycles. The first-order valence-electron chi connectivity index (χ1n) is 7.80. The van der Waals surface area contributed by atoms with E-state index in [9.17, 15) is 0 Å². The lowest BCUT2D eigenvalue weighted by Gasteiger charge is -2.28. The molecule has 0 amide bonds. The van der Waals surface area contributed by atoms with Crippen LogP contribution in [0.3, 0.4) is 0 Å². The average molecular weight is 260 g/mol. The minimum Gasteiger partial charge on any atom is -0.309 e. The van der Waals surface area contributed by atoms with E-state index in [0.717, 1.165) is 19.6 Å². The number of rotatable bonds is 7. The largest absolute Gasteiger partial charge is 0.309 e. The average Bonchev–Trinajstić information content (AvgIpc) is 2.90. The van der Waals surface area contributed by atoms with Crippen molar-refractivity contribution in [1.29, 1.82) is 0 Å². The molecule has 1 aliphatic heterocycles. The van der Waals surface area contributed by atoms with Crippen LogP contribution in [0.2, 0.25) is 0 Å². The molecular formula is C17H28N2. The minimum absolute atomic E-state index is 0.679. The van der Waals surface area contributed by atoms with E-state index in [1.54, 1.807) is 0 Å². The fourth-order valence-corrected chi connectivity index (χ4v) is 2.76. The van der Waals surface area contributed by atoms with Crippen molar-refractivity contribution in [2.24, 2.45) is 0 Å². The lowest BCUT2D eigenvalue weighted by molar-refractivity contribution is 0.192. The summed E-state index contributed by atoms with van der Waals surface area (Å²) in [6.45, 7) is 11.3. The molecule has 0 saturated heterocycles. The molecular weight excluding hydrogens is 232 g/mol. The van der Waals surface area contributed by atoms with Gasteiger partial charge >= 0.3 is 0 Å². The van der Waals surface area contributed by atoms with Crippen molar-refractivity contribution in [2.75, 3.05) is 6.54 Å². The molecule has 2 nitrogen and oxygen atoms in total. The van der Waals surface area contributed by atoms with Gasteiger partial charge in [-0.3, -0.25) is 4.90 Å². The summed E-state index contributed by atoms with van der Waals surface area (Å²) in [6, 6.07) is 7.70. The zero-order valence-corrected chi connectivity index (χ0v) is 12.7. The summed E-state index contributed by atoms with van der Waals surface area (Å²) < 4.78 is 0. The molecule has 1 heterocycles. The monoisotopic (exact) mass is 260 g/mol. The summed E-state index contributed by atoms with van der Waals surface area (Å²) in [7, 11) is 0. The fraction of sp³-hybridized carbons (Fsp3) is 0.647. The second-order valence-electron chi connectivity index (χ2n) is 5.79. The number of hydrogen-bond donors (Lipinski definition) is 1. The first-order valence-corrected chi connectivity index (χ1v) is 7.80. The Morgan fingerprint density at radius 2 is 2.00 bits per heavy atom. The molecule has 0 aromatic heterocycles. The molecule has 0 spiro atoms. The zero-order valence-electron chi connectivity index (χ0n) is 12.7. The molecule has 0 bridgehead atoms.